The highest BCUT2D eigenvalue weighted by Crippen LogP contribution is 2.26. The van der Waals surface area contributed by atoms with E-state index in [0.29, 0.717) is 16.4 Å². The fourth-order valence-electron chi connectivity index (χ4n) is 2.63. The van der Waals surface area contributed by atoms with E-state index in [2.05, 4.69) is 21.2 Å². The zero-order valence-electron chi connectivity index (χ0n) is 14.4. The summed E-state index contributed by atoms with van der Waals surface area (Å²) in [5, 5.41) is 2.88. The SMILES string of the molecule is O=C(COC(=O)c1cccc(N2C(=O)CCC2=O)c1)Nc1ccc(Br)cc1Cl. The summed E-state index contributed by atoms with van der Waals surface area (Å²) in [4.78, 5) is 48.9. The fraction of sp³-hybridized carbons (Fsp3) is 0.158. The van der Waals surface area contributed by atoms with E-state index in [1.807, 2.05) is 0 Å². The van der Waals surface area contributed by atoms with Gasteiger partial charge < -0.3 is 10.1 Å². The molecule has 28 heavy (non-hydrogen) atoms. The summed E-state index contributed by atoms with van der Waals surface area (Å²) in [6, 6.07) is 10.9. The number of imide groups is 1. The normalized spacial score (nSPS) is 13.6. The Labute approximate surface area is 173 Å². The molecule has 1 aliphatic rings. The molecule has 0 bridgehead atoms. The number of hydrogen-bond acceptors (Lipinski definition) is 5. The largest absolute Gasteiger partial charge is 0.452 e. The lowest BCUT2D eigenvalue weighted by atomic mass is 10.2. The maximum absolute atomic E-state index is 12.2. The first kappa shape index (κ1) is 20.0. The number of anilines is 2. The van der Waals surface area contributed by atoms with Crippen LogP contribution in [-0.4, -0.2) is 30.3 Å². The van der Waals surface area contributed by atoms with Gasteiger partial charge in [-0.15, -0.1) is 0 Å². The van der Waals surface area contributed by atoms with E-state index in [1.54, 1.807) is 24.3 Å². The highest BCUT2D eigenvalue weighted by Gasteiger charge is 2.30. The lowest BCUT2D eigenvalue weighted by Crippen LogP contribution is -2.28. The number of ether oxygens (including phenoxy) is 1. The highest BCUT2D eigenvalue weighted by molar-refractivity contribution is 9.10. The molecular weight excluding hydrogens is 452 g/mol. The number of esters is 1. The van der Waals surface area contributed by atoms with Crippen LogP contribution in [0.4, 0.5) is 11.4 Å². The zero-order chi connectivity index (χ0) is 20.3. The maximum atomic E-state index is 12.2. The summed E-state index contributed by atoms with van der Waals surface area (Å²) in [6.45, 7) is -0.517. The van der Waals surface area contributed by atoms with Gasteiger partial charge in [0.2, 0.25) is 11.8 Å². The van der Waals surface area contributed by atoms with Crippen LogP contribution in [-0.2, 0) is 19.1 Å². The van der Waals surface area contributed by atoms with E-state index in [9.17, 15) is 19.2 Å². The molecule has 1 saturated heterocycles. The molecule has 0 saturated carbocycles. The molecule has 144 valence electrons. The first-order chi connectivity index (χ1) is 13.3. The smallest absolute Gasteiger partial charge is 0.338 e. The predicted octanol–water partition coefficient (Wildman–Crippen LogP) is 3.55. The third-order valence-corrected chi connectivity index (χ3v) is 4.74. The number of carbonyl (C=O) groups is 4. The summed E-state index contributed by atoms with van der Waals surface area (Å²) in [6.07, 6.45) is 0.290. The number of rotatable bonds is 5. The Bertz CT molecular complexity index is 963. The van der Waals surface area contributed by atoms with E-state index in [-0.39, 0.29) is 30.2 Å². The van der Waals surface area contributed by atoms with Crippen molar-refractivity contribution in [2.45, 2.75) is 12.8 Å². The highest BCUT2D eigenvalue weighted by atomic mass is 79.9. The Kier molecular flexibility index (Phi) is 6.11. The van der Waals surface area contributed by atoms with Crippen molar-refractivity contribution in [2.75, 3.05) is 16.8 Å². The van der Waals surface area contributed by atoms with E-state index in [1.165, 1.54) is 18.2 Å². The molecule has 3 rings (SSSR count). The van der Waals surface area contributed by atoms with Crippen LogP contribution in [0.3, 0.4) is 0 Å². The third kappa shape index (κ3) is 4.58. The van der Waals surface area contributed by atoms with Crippen molar-refractivity contribution in [3.05, 3.63) is 57.5 Å². The molecule has 2 aromatic rings. The number of benzene rings is 2. The molecule has 0 aromatic heterocycles. The van der Waals surface area contributed by atoms with Gasteiger partial charge in [0.15, 0.2) is 6.61 Å². The van der Waals surface area contributed by atoms with Gasteiger partial charge in [0.05, 0.1) is 22.0 Å². The van der Waals surface area contributed by atoms with Gasteiger partial charge in [-0.1, -0.05) is 33.6 Å². The lowest BCUT2D eigenvalue weighted by Gasteiger charge is -2.14. The second-order valence-corrected chi connectivity index (χ2v) is 7.24. The molecule has 9 heteroatoms. The summed E-state index contributed by atoms with van der Waals surface area (Å²) in [5.41, 5.74) is 0.812. The fourth-order valence-corrected chi connectivity index (χ4v) is 3.35. The molecule has 1 aliphatic heterocycles. The van der Waals surface area contributed by atoms with E-state index in [4.69, 9.17) is 16.3 Å². The standard InChI is InChI=1S/C19H14BrClN2O5/c20-12-4-5-15(14(21)9-12)22-16(24)10-28-19(27)11-2-1-3-13(8-11)23-17(25)6-7-18(23)26/h1-5,8-9H,6-7,10H2,(H,22,24). The zero-order valence-corrected chi connectivity index (χ0v) is 16.7. The molecule has 1 heterocycles. The second kappa shape index (κ2) is 8.53. The predicted molar refractivity (Wildman–Crippen MR) is 106 cm³/mol. The molecule has 1 N–H and O–H groups in total. The number of carbonyl (C=O) groups excluding carboxylic acids is 4. The van der Waals surface area contributed by atoms with Crippen molar-refractivity contribution in [3.63, 3.8) is 0 Å². The van der Waals surface area contributed by atoms with Gasteiger partial charge in [0, 0.05) is 17.3 Å². The Morgan fingerprint density at radius 1 is 1.11 bits per heavy atom. The molecule has 2 aromatic carbocycles. The molecule has 0 unspecified atom stereocenters. The second-order valence-electron chi connectivity index (χ2n) is 5.92. The Morgan fingerprint density at radius 3 is 2.50 bits per heavy atom. The topological polar surface area (TPSA) is 92.8 Å². The minimum atomic E-state index is -0.752. The Morgan fingerprint density at radius 2 is 1.82 bits per heavy atom. The van der Waals surface area contributed by atoms with Gasteiger partial charge in [-0.25, -0.2) is 4.79 Å². The van der Waals surface area contributed by atoms with Crippen molar-refractivity contribution in [3.8, 4) is 0 Å². The van der Waals surface area contributed by atoms with Gasteiger partial charge in [-0.2, -0.15) is 0 Å². The first-order valence-electron chi connectivity index (χ1n) is 8.23. The van der Waals surface area contributed by atoms with E-state index < -0.39 is 18.5 Å². The van der Waals surface area contributed by atoms with E-state index >= 15 is 0 Å². The van der Waals surface area contributed by atoms with Gasteiger partial charge in [-0.05, 0) is 36.4 Å². The molecule has 0 radical (unpaired) electrons. The summed E-state index contributed by atoms with van der Waals surface area (Å²) < 4.78 is 5.77. The average molecular weight is 466 g/mol. The minimum Gasteiger partial charge on any atom is -0.452 e. The van der Waals surface area contributed by atoms with Gasteiger partial charge in [0.1, 0.15) is 0 Å². The molecule has 0 spiro atoms. The van der Waals surface area contributed by atoms with Crippen molar-refractivity contribution in [2.24, 2.45) is 0 Å². The minimum absolute atomic E-state index is 0.125. The Hall–Kier alpha value is -2.71. The van der Waals surface area contributed by atoms with Crippen molar-refractivity contribution in [1.29, 1.82) is 0 Å². The molecule has 7 nitrogen and oxygen atoms in total. The first-order valence-corrected chi connectivity index (χ1v) is 9.40. The quantitative estimate of drug-likeness (QED) is 0.538. The third-order valence-electron chi connectivity index (χ3n) is 3.93. The van der Waals surface area contributed by atoms with E-state index in [0.717, 1.165) is 9.37 Å². The summed E-state index contributed by atoms with van der Waals surface area (Å²) >= 11 is 9.29. The number of hydrogen-bond donors (Lipinski definition) is 1. The Balaban J connectivity index is 1.62. The number of halogens is 2. The lowest BCUT2D eigenvalue weighted by molar-refractivity contribution is -0.121. The van der Waals surface area contributed by atoms with Gasteiger partial charge in [-0.3, -0.25) is 19.3 Å². The van der Waals surface area contributed by atoms with Gasteiger partial charge >= 0.3 is 5.97 Å². The van der Waals surface area contributed by atoms with Crippen LogP contribution in [0.15, 0.2) is 46.9 Å². The maximum Gasteiger partial charge on any atom is 0.338 e. The van der Waals surface area contributed by atoms with Crippen LogP contribution >= 0.6 is 27.5 Å². The molecule has 0 atom stereocenters. The van der Waals surface area contributed by atoms with Gasteiger partial charge in [0.25, 0.3) is 5.91 Å². The summed E-state index contributed by atoms with van der Waals surface area (Å²) in [5.74, 6) is -1.95. The van der Waals surface area contributed by atoms with Crippen molar-refractivity contribution < 1.29 is 23.9 Å². The number of nitrogens with one attached hydrogen (secondary N) is 1. The monoisotopic (exact) mass is 464 g/mol. The summed E-state index contributed by atoms with van der Waals surface area (Å²) in [7, 11) is 0. The average Bonchev–Trinajstić information content (AvgIpc) is 3.00. The van der Waals surface area contributed by atoms with Crippen LogP contribution in [0, 0.1) is 0 Å². The molecule has 3 amide bonds. The number of amides is 3. The van der Waals surface area contributed by atoms with Crippen LogP contribution in [0.25, 0.3) is 0 Å². The van der Waals surface area contributed by atoms with Crippen LogP contribution in [0.1, 0.15) is 23.2 Å². The van der Waals surface area contributed by atoms with Crippen LogP contribution < -0.4 is 10.2 Å². The molecular formula is C19H14BrClN2O5. The van der Waals surface area contributed by atoms with Crippen LogP contribution in [0.2, 0.25) is 5.02 Å². The van der Waals surface area contributed by atoms with Crippen LogP contribution in [0.5, 0.6) is 0 Å². The van der Waals surface area contributed by atoms with Crippen molar-refractivity contribution in [1.82, 2.24) is 0 Å². The number of nitrogens with zero attached hydrogens (tertiary/aromatic N) is 1. The molecule has 1 fully saturated rings. The molecule has 0 aliphatic carbocycles. The van der Waals surface area contributed by atoms with Crippen molar-refractivity contribution >= 4 is 62.6 Å².